The molecule has 1 heterocycles. The van der Waals surface area contributed by atoms with Crippen LogP contribution >= 0.6 is 0 Å². The Bertz CT molecular complexity index is 228. The highest BCUT2D eigenvalue weighted by atomic mass is 16.6. The van der Waals surface area contributed by atoms with Gasteiger partial charge in [0.15, 0.2) is 0 Å². The van der Waals surface area contributed by atoms with E-state index >= 15 is 0 Å². The lowest BCUT2D eigenvalue weighted by Gasteiger charge is -2.26. The fourth-order valence-electron chi connectivity index (χ4n) is 1.12. The maximum Gasteiger partial charge on any atom is 0.410 e. The van der Waals surface area contributed by atoms with Crippen molar-refractivity contribution in [3.63, 3.8) is 0 Å². The molecular formula is C9H16N2O3. The van der Waals surface area contributed by atoms with Gasteiger partial charge in [0.25, 0.3) is 0 Å². The van der Waals surface area contributed by atoms with E-state index in [1.807, 2.05) is 13.8 Å². The average molecular weight is 200 g/mol. The largest absolute Gasteiger partial charge is 0.449 e. The fraction of sp³-hybridized carbons (Fsp3) is 0.778. The zero-order valence-corrected chi connectivity index (χ0v) is 8.58. The summed E-state index contributed by atoms with van der Waals surface area (Å²) in [6, 6.07) is 0. The molecule has 1 aliphatic rings. The zero-order valence-electron chi connectivity index (χ0n) is 8.58. The van der Waals surface area contributed by atoms with Gasteiger partial charge in [0.2, 0.25) is 5.91 Å². The fourth-order valence-corrected chi connectivity index (χ4v) is 1.12. The molecule has 80 valence electrons. The molecule has 14 heavy (non-hydrogen) atoms. The van der Waals surface area contributed by atoms with Crippen LogP contribution < -0.4 is 5.32 Å². The van der Waals surface area contributed by atoms with Gasteiger partial charge >= 0.3 is 6.09 Å². The molecule has 1 aliphatic heterocycles. The summed E-state index contributed by atoms with van der Waals surface area (Å²) in [5, 5.41) is 2.64. The lowest BCUT2D eigenvalue weighted by Crippen LogP contribution is -2.50. The second kappa shape index (κ2) is 4.83. The molecule has 1 rings (SSSR count). The Balaban J connectivity index is 2.32. The van der Waals surface area contributed by atoms with Crippen molar-refractivity contribution in [2.45, 2.75) is 13.8 Å². The highest BCUT2D eigenvalue weighted by molar-refractivity contribution is 5.83. The molecule has 0 atom stereocenters. The van der Waals surface area contributed by atoms with Gasteiger partial charge in [0, 0.05) is 13.1 Å². The van der Waals surface area contributed by atoms with E-state index in [1.165, 1.54) is 4.90 Å². The molecule has 0 spiro atoms. The van der Waals surface area contributed by atoms with Crippen molar-refractivity contribution in [2.75, 3.05) is 26.2 Å². The monoisotopic (exact) mass is 200 g/mol. The molecule has 1 N–H and O–H groups in total. The summed E-state index contributed by atoms with van der Waals surface area (Å²) in [5.74, 6) is 0.190. The van der Waals surface area contributed by atoms with Gasteiger partial charge in [-0.15, -0.1) is 0 Å². The summed E-state index contributed by atoms with van der Waals surface area (Å²) in [7, 11) is 0. The average Bonchev–Trinajstić information content (AvgIpc) is 2.14. The van der Waals surface area contributed by atoms with Crippen LogP contribution in [0.2, 0.25) is 0 Å². The smallest absolute Gasteiger partial charge is 0.410 e. The molecule has 5 heteroatoms. The minimum atomic E-state index is -0.395. The van der Waals surface area contributed by atoms with E-state index in [2.05, 4.69) is 5.32 Å². The number of carbonyl (C=O) groups excluding carboxylic acids is 2. The number of nitrogens with zero attached hydrogens (tertiary/aromatic N) is 1. The first kappa shape index (κ1) is 10.8. The molecule has 1 saturated heterocycles. The van der Waals surface area contributed by atoms with Crippen molar-refractivity contribution in [3.05, 3.63) is 0 Å². The van der Waals surface area contributed by atoms with E-state index in [-0.39, 0.29) is 12.5 Å². The molecule has 0 aliphatic carbocycles. The highest BCUT2D eigenvalue weighted by Crippen LogP contribution is 2.00. The first-order valence-electron chi connectivity index (χ1n) is 4.78. The van der Waals surface area contributed by atoms with Crippen LogP contribution in [0.15, 0.2) is 0 Å². The summed E-state index contributed by atoms with van der Waals surface area (Å²) in [6.07, 6.45) is -0.395. The van der Waals surface area contributed by atoms with Crippen LogP contribution in [0.5, 0.6) is 0 Å². The Morgan fingerprint density at radius 3 is 2.93 bits per heavy atom. The van der Waals surface area contributed by atoms with Crippen molar-refractivity contribution >= 4 is 12.0 Å². The van der Waals surface area contributed by atoms with Crippen LogP contribution in [0, 0.1) is 5.92 Å². The maximum absolute atomic E-state index is 11.4. The van der Waals surface area contributed by atoms with Gasteiger partial charge in [-0.25, -0.2) is 4.79 Å². The van der Waals surface area contributed by atoms with Gasteiger partial charge in [-0.2, -0.15) is 0 Å². The van der Waals surface area contributed by atoms with Crippen LogP contribution in [0.3, 0.4) is 0 Å². The normalized spacial score (nSPS) is 16.8. The number of piperazine rings is 1. The summed E-state index contributed by atoms with van der Waals surface area (Å²) in [5.41, 5.74) is 0. The summed E-state index contributed by atoms with van der Waals surface area (Å²) in [6.45, 7) is 5.48. The van der Waals surface area contributed by atoms with Crippen molar-refractivity contribution in [2.24, 2.45) is 5.92 Å². The molecule has 5 nitrogen and oxygen atoms in total. The molecule has 0 radical (unpaired) electrons. The molecule has 1 fully saturated rings. The van der Waals surface area contributed by atoms with E-state index in [0.717, 1.165) is 0 Å². The third-order valence-corrected chi connectivity index (χ3v) is 1.84. The highest BCUT2D eigenvalue weighted by Gasteiger charge is 2.22. The zero-order chi connectivity index (χ0) is 10.6. The van der Waals surface area contributed by atoms with Crippen molar-refractivity contribution in [1.82, 2.24) is 10.2 Å². The van der Waals surface area contributed by atoms with Gasteiger partial charge < -0.3 is 10.1 Å². The van der Waals surface area contributed by atoms with E-state index in [0.29, 0.717) is 25.6 Å². The first-order chi connectivity index (χ1) is 6.59. The van der Waals surface area contributed by atoms with Crippen LogP contribution in [-0.4, -0.2) is 43.1 Å². The maximum atomic E-state index is 11.4. The number of ether oxygens (including phenoxy) is 1. The van der Waals surface area contributed by atoms with E-state index < -0.39 is 6.09 Å². The van der Waals surface area contributed by atoms with Gasteiger partial charge in [0.05, 0.1) is 6.61 Å². The number of hydrogen-bond donors (Lipinski definition) is 1. The summed E-state index contributed by atoms with van der Waals surface area (Å²) < 4.78 is 5.00. The number of nitrogens with one attached hydrogen (secondary N) is 1. The Hall–Kier alpha value is -1.26. The van der Waals surface area contributed by atoms with Crippen molar-refractivity contribution in [1.29, 1.82) is 0 Å². The van der Waals surface area contributed by atoms with Crippen LogP contribution in [0.25, 0.3) is 0 Å². The second-order valence-corrected chi connectivity index (χ2v) is 3.74. The standard InChI is InChI=1S/C9H16N2O3/c1-7(2)6-14-9(13)11-4-3-10-8(12)5-11/h7H,3-6H2,1-2H3,(H,10,12). The predicted octanol–water partition coefficient (Wildman–Crippen LogP) is 0.211. The Labute approximate surface area is 83.4 Å². The molecule has 0 bridgehead atoms. The quantitative estimate of drug-likeness (QED) is 0.693. The number of amides is 2. The van der Waals surface area contributed by atoms with Crippen molar-refractivity contribution < 1.29 is 14.3 Å². The molecule has 0 unspecified atom stereocenters. The molecule has 0 aromatic carbocycles. The van der Waals surface area contributed by atoms with E-state index in [4.69, 9.17) is 4.74 Å². The summed E-state index contributed by atoms with van der Waals surface area (Å²) in [4.78, 5) is 23.7. The molecule has 2 amide bonds. The number of hydrogen-bond acceptors (Lipinski definition) is 3. The van der Waals surface area contributed by atoms with Gasteiger partial charge in [-0.05, 0) is 5.92 Å². The number of carbonyl (C=O) groups is 2. The van der Waals surface area contributed by atoms with Crippen LogP contribution in [0.4, 0.5) is 4.79 Å². The minimum Gasteiger partial charge on any atom is -0.449 e. The van der Waals surface area contributed by atoms with Gasteiger partial charge in [-0.1, -0.05) is 13.8 Å². The lowest BCUT2D eigenvalue weighted by molar-refractivity contribution is -0.123. The summed E-state index contributed by atoms with van der Waals surface area (Å²) >= 11 is 0. The van der Waals surface area contributed by atoms with Crippen LogP contribution in [0.1, 0.15) is 13.8 Å². The van der Waals surface area contributed by atoms with E-state index in [9.17, 15) is 9.59 Å². The third-order valence-electron chi connectivity index (χ3n) is 1.84. The second-order valence-electron chi connectivity index (χ2n) is 3.74. The molecule has 0 aromatic heterocycles. The number of rotatable bonds is 2. The molecule has 0 saturated carbocycles. The Morgan fingerprint density at radius 1 is 1.64 bits per heavy atom. The first-order valence-corrected chi connectivity index (χ1v) is 4.78. The minimum absolute atomic E-state index is 0.108. The molecule has 0 aromatic rings. The predicted molar refractivity (Wildman–Crippen MR) is 50.8 cm³/mol. The lowest BCUT2D eigenvalue weighted by atomic mass is 10.2. The van der Waals surface area contributed by atoms with Gasteiger partial charge in [0.1, 0.15) is 6.54 Å². The third kappa shape index (κ3) is 3.24. The Kier molecular flexibility index (Phi) is 3.73. The van der Waals surface area contributed by atoms with E-state index in [1.54, 1.807) is 0 Å². The SMILES string of the molecule is CC(C)COC(=O)N1CCNC(=O)C1. The van der Waals surface area contributed by atoms with Gasteiger partial charge in [-0.3, -0.25) is 9.69 Å². The van der Waals surface area contributed by atoms with Crippen molar-refractivity contribution in [3.8, 4) is 0 Å². The van der Waals surface area contributed by atoms with Crippen LogP contribution in [-0.2, 0) is 9.53 Å². The Morgan fingerprint density at radius 2 is 2.36 bits per heavy atom. The molecular weight excluding hydrogens is 184 g/mol. The topological polar surface area (TPSA) is 58.6 Å².